The van der Waals surface area contributed by atoms with Crippen LogP contribution < -0.4 is 10.6 Å². The zero-order valence-electron chi connectivity index (χ0n) is 15.1. The Morgan fingerprint density at radius 3 is 2.77 bits per heavy atom. The normalized spacial score (nSPS) is 18.1. The highest BCUT2D eigenvalue weighted by Crippen LogP contribution is 2.15. The van der Waals surface area contributed by atoms with Gasteiger partial charge in [-0.3, -0.25) is 10.1 Å². The molecule has 0 bridgehead atoms. The fourth-order valence-corrected chi connectivity index (χ4v) is 2.62. The first-order chi connectivity index (χ1) is 12.1. The molecular formula is C17H27IN4O4. The lowest BCUT2D eigenvalue weighted by Gasteiger charge is -2.22. The summed E-state index contributed by atoms with van der Waals surface area (Å²) in [5.74, 6) is 0.679. The van der Waals surface area contributed by atoms with E-state index in [-0.39, 0.29) is 41.8 Å². The molecule has 26 heavy (non-hydrogen) atoms. The number of nitro groups is 1. The molecule has 2 atom stereocenters. The van der Waals surface area contributed by atoms with Gasteiger partial charge >= 0.3 is 0 Å². The summed E-state index contributed by atoms with van der Waals surface area (Å²) in [6, 6.07) is 6.57. The maximum Gasteiger partial charge on any atom is 0.269 e. The third-order valence-electron chi connectivity index (χ3n) is 4.05. The number of rotatable bonds is 8. The highest BCUT2D eigenvalue weighted by molar-refractivity contribution is 14.0. The lowest BCUT2D eigenvalue weighted by atomic mass is 10.1. The third kappa shape index (κ3) is 7.42. The minimum atomic E-state index is -0.407. The van der Waals surface area contributed by atoms with Crippen molar-refractivity contribution in [1.82, 2.24) is 10.6 Å². The van der Waals surface area contributed by atoms with Crippen LogP contribution in [0.4, 0.5) is 5.69 Å². The van der Waals surface area contributed by atoms with Crippen LogP contribution in [0, 0.1) is 10.1 Å². The summed E-state index contributed by atoms with van der Waals surface area (Å²) in [5.41, 5.74) is 0.986. The van der Waals surface area contributed by atoms with Crippen molar-refractivity contribution in [1.29, 1.82) is 0 Å². The Hall–Kier alpha value is -1.46. The molecule has 1 saturated heterocycles. The van der Waals surface area contributed by atoms with Gasteiger partial charge in [-0.1, -0.05) is 12.1 Å². The van der Waals surface area contributed by atoms with Crippen LogP contribution in [0.1, 0.15) is 25.3 Å². The van der Waals surface area contributed by atoms with Crippen molar-refractivity contribution in [3.63, 3.8) is 0 Å². The van der Waals surface area contributed by atoms with Gasteiger partial charge in [-0.05, 0) is 25.3 Å². The molecule has 0 amide bonds. The molecule has 1 aromatic rings. The number of aliphatic imine (C=N–C) groups is 1. The van der Waals surface area contributed by atoms with E-state index in [9.17, 15) is 10.1 Å². The van der Waals surface area contributed by atoms with Crippen molar-refractivity contribution in [2.24, 2.45) is 4.99 Å². The summed E-state index contributed by atoms with van der Waals surface area (Å²) in [5, 5.41) is 17.3. The summed E-state index contributed by atoms with van der Waals surface area (Å²) in [6.07, 6.45) is 2.32. The molecule has 2 unspecified atom stereocenters. The van der Waals surface area contributed by atoms with E-state index in [0.29, 0.717) is 25.7 Å². The average molecular weight is 478 g/mol. The van der Waals surface area contributed by atoms with E-state index in [1.807, 2.05) is 0 Å². The SMILES string of the molecule is COCCNC(=NCc1ccc([N+](=O)[O-])cc1)NC(C)C1CCCO1.I. The van der Waals surface area contributed by atoms with Crippen LogP contribution in [0.2, 0.25) is 0 Å². The molecule has 1 aliphatic heterocycles. The molecule has 0 aliphatic carbocycles. The molecule has 1 aromatic carbocycles. The number of methoxy groups -OCH3 is 1. The first-order valence-electron chi connectivity index (χ1n) is 8.49. The molecule has 0 radical (unpaired) electrons. The molecule has 1 heterocycles. The second-order valence-corrected chi connectivity index (χ2v) is 5.99. The molecule has 0 saturated carbocycles. The van der Waals surface area contributed by atoms with E-state index in [2.05, 4.69) is 22.5 Å². The first-order valence-corrected chi connectivity index (χ1v) is 8.49. The molecule has 1 fully saturated rings. The number of halogens is 1. The number of ether oxygens (including phenoxy) is 2. The van der Waals surface area contributed by atoms with Crippen LogP contribution in [-0.4, -0.2) is 49.9 Å². The molecular weight excluding hydrogens is 451 g/mol. The van der Waals surface area contributed by atoms with E-state index in [4.69, 9.17) is 9.47 Å². The quantitative estimate of drug-likeness (QED) is 0.149. The van der Waals surface area contributed by atoms with Crippen LogP contribution >= 0.6 is 24.0 Å². The van der Waals surface area contributed by atoms with Gasteiger partial charge in [0.15, 0.2) is 5.96 Å². The van der Waals surface area contributed by atoms with E-state index < -0.39 is 4.92 Å². The second kappa shape index (κ2) is 12.0. The van der Waals surface area contributed by atoms with Crippen molar-refractivity contribution in [2.45, 2.75) is 38.5 Å². The third-order valence-corrected chi connectivity index (χ3v) is 4.05. The van der Waals surface area contributed by atoms with Gasteiger partial charge in [0.2, 0.25) is 0 Å². The number of benzene rings is 1. The summed E-state index contributed by atoms with van der Waals surface area (Å²) in [4.78, 5) is 14.9. The lowest BCUT2D eigenvalue weighted by molar-refractivity contribution is -0.384. The Labute approximate surface area is 170 Å². The van der Waals surface area contributed by atoms with Crippen molar-refractivity contribution in [2.75, 3.05) is 26.9 Å². The van der Waals surface area contributed by atoms with Gasteiger partial charge in [0, 0.05) is 32.4 Å². The van der Waals surface area contributed by atoms with E-state index >= 15 is 0 Å². The van der Waals surface area contributed by atoms with Crippen LogP contribution in [0.5, 0.6) is 0 Å². The van der Waals surface area contributed by atoms with Gasteiger partial charge in [-0.25, -0.2) is 4.99 Å². The minimum Gasteiger partial charge on any atom is -0.383 e. The molecule has 1 aliphatic rings. The topological polar surface area (TPSA) is 98.0 Å². The number of hydrogen-bond acceptors (Lipinski definition) is 5. The minimum absolute atomic E-state index is 0. The predicted molar refractivity (Wildman–Crippen MR) is 111 cm³/mol. The van der Waals surface area contributed by atoms with E-state index in [0.717, 1.165) is 25.0 Å². The average Bonchev–Trinajstić information content (AvgIpc) is 3.14. The smallest absolute Gasteiger partial charge is 0.269 e. The van der Waals surface area contributed by atoms with E-state index in [1.165, 1.54) is 12.1 Å². The number of hydrogen-bond donors (Lipinski definition) is 2. The molecule has 146 valence electrons. The first kappa shape index (κ1) is 22.6. The Balaban J connectivity index is 0.00000338. The fraction of sp³-hybridized carbons (Fsp3) is 0.588. The predicted octanol–water partition coefficient (Wildman–Crippen LogP) is 2.46. The summed E-state index contributed by atoms with van der Waals surface area (Å²) in [6.45, 7) is 4.53. The number of guanidine groups is 1. The van der Waals surface area contributed by atoms with Gasteiger partial charge in [-0.2, -0.15) is 0 Å². The highest BCUT2D eigenvalue weighted by atomic mass is 127. The zero-order valence-corrected chi connectivity index (χ0v) is 17.5. The van der Waals surface area contributed by atoms with Crippen molar-refractivity contribution in [3.8, 4) is 0 Å². The zero-order chi connectivity index (χ0) is 18.1. The number of nitrogens with zero attached hydrogens (tertiary/aromatic N) is 2. The maximum absolute atomic E-state index is 10.7. The van der Waals surface area contributed by atoms with Gasteiger partial charge in [-0.15, -0.1) is 24.0 Å². The molecule has 0 spiro atoms. The second-order valence-electron chi connectivity index (χ2n) is 5.99. The molecule has 8 nitrogen and oxygen atoms in total. The molecule has 0 aromatic heterocycles. The lowest BCUT2D eigenvalue weighted by Crippen LogP contribution is -2.47. The van der Waals surface area contributed by atoms with Crippen molar-refractivity contribution < 1.29 is 14.4 Å². The molecule has 9 heteroatoms. The maximum atomic E-state index is 10.7. The van der Waals surface area contributed by atoms with Crippen LogP contribution in [0.15, 0.2) is 29.3 Å². The Morgan fingerprint density at radius 1 is 1.46 bits per heavy atom. The van der Waals surface area contributed by atoms with Gasteiger partial charge in [0.05, 0.1) is 30.2 Å². The molecule has 2 N–H and O–H groups in total. The Bertz CT molecular complexity index is 577. The summed E-state index contributed by atoms with van der Waals surface area (Å²) < 4.78 is 10.8. The van der Waals surface area contributed by atoms with Crippen LogP contribution in [0.25, 0.3) is 0 Å². The van der Waals surface area contributed by atoms with Crippen molar-refractivity contribution in [3.05, 3.63) is 39.9 Å². The summed E-state index contributed by atoms with van der Waals surface area (Å²) >= 11 is 0. The van der Waals surface area contributed by atoms with Crippen LogP contribution in [-0.2, 0) is 16.0 Å². The Morgan fingerprint density at radius 2 is 2.19 bits per heavy atom. The van der Waals surface area contributed by atoms with Crippen molar-refractivity contribution >= 4 is 35.6 Å². The van der Waals surface area contributed by atoms with Crippen LogP contribution in [0.3, 0.4) is 0 Å². The Kier molecular flexibility index (Phi) is 10.4. The van der Waals surface area contributed by atoms with Gasteiger partial charge in [0.25, 0.3) is 5.69 Å². The fourth-order valence-electron chi connectivity index (χ4n) is 2.62. The highest BCUT2D eigenvalue weighted by Gasteiger charge is 2.23. The largest absolute Gasteiger partial charge is 0.383 e. The van der Waals surface area contributed by atoms with Gasteiger partial charge < -0.3 is 20.1 Å². The summed E-state index contributed by atoms with van der Waals surface area (Å²) in [7, 11) is 1.65. The monoisotopic (exact) mass is 478 g/mol. The van der Waals surface area contributed by atoms with Gasteiger partial charge in [0.1, 0.15) is 0 Å². The molecule has 2 rings (SSSR count). The number of non-ortho nitro benzene ring substituents is 1. The standard InChI is InChI=1S/C17H26N4O4.HI/c1-13(16-4-3-10-25-16)20-17(18-9-11-24-2)19-12-14-5-7-15(8-6-14)21(22)23;/h5-8,13,16H,3-4,9-12H2,1-2H3,(H2,18,19,20);1H. The van der Waals surface area contributed by atoms with E-state index in [1.54, 1.807) is 19.2 Å². The number of nitro benzene ring substituents is 1. The number of nitrogens with one attached hydrogen (secondary N) is 2.